The number of rotatable bonds is 4. The molecule has 2 heterocycles. The third-order valence-corrected chi connectivity index (χ3v) is 4.98. The second-order valence-electron chi connectivity index (χ2n) is 3.75. The van der Waals surface area contributed by atoms with Crippen LogP contribution in [-0.2, 0) is 14.6 Å². The molecule has 2 N–H and O–H groups in total. The fraction of sp³-hybridized carbons (Fsp3) is 0.625. The Hall–Kier alpha value is -1.09. The molecular formula is C8H12N4O3S2. The number of sulfone groups is 1. The number of hydrogen-bond acceptors (Lipinski definition) is 6. The summed E-state index contributed by atoms with van der Waals surface area (Å²) in [5, 5.41) is 9.54. The zero-order chi connectivity index (χ0) is 12.3. The van der Waals surface area contributed by atoms with Gasteiger partial charge in [-0.2, -0.15) is 5.10 Å². The molecule has 1 aliphatic heterocycles. The summed E-state index contributed by atoms with van der Waals surface area (Å²) in [6.07, 6.45) is 1.87. The van der Waals surface area contributed by atoms with E-state index >= 15 is 0 Å². The van der Waals surface area contributed by atoms with Crippen molar-refractivity contribution in [3.8, 4) is 0 Å². The van der Waals surface area contributed by atoms with Gasteiger partial charge >= 0.3 is 0 Å². The van der Waals surface area contributed by atoms with E-state index in [0.717, 1.165) is 0 Å². The van der Waals surface area contributed by atoms with Crippen molar-refractivity contribution in [2.75, 3.05) is 17.3 Å². The molecule has 1 atom stereocenters. The quantitative estimate of drug-likeness (QED) is 0.698. The molecule has 17 heavy (non-hydrogen) atoms. The van der Waals surface area contributed by atoms with Gasteiger partial charge in [0.05, 0.1) is 17.3 Å². The first kappa shape index (κ1) is 12.4. The fourth-order valence-corrected chi connectivity index (χ4v) is 3.84. The maximum atomic E-state index is 11.5. The first-order valence-electron chi connectivity index (χ1n) is 5.03. The van der Waals surface area contributed by atoms with Crippen LogP contribution in [0.2, 0.25) is 0 Å². The highest BCUT2D eigenvalue weighted by Crippen LogP contribution is 2.13. The van der Waals surface area contributed by atoms with E-state index < -0.39 is 9.84 Å². The smallest absolute Gasteiger partial charge is 0.230 e. The van der Waals surface area contributed by atoms with Crippen molar-refractivity contribution >= 4 is 27.5 Å². The average molecular weight is 276 g/mol. The molecule has 0 saturated carbocycles. The summed E-state index contributed by atoms with van der Waals surface area (Å²) >= 11 is 1.23. The Morgan fingerprint density at radius 3 is 3.06 bits per heavy atom. The van der Waals surface area contributed by atoms with Gasteiger partial charge in [0.2, 0.25) is 5.91 Å². The van der Waals surface area contributed by atoms with Gasteiger partial charge in [0.1, 0.15) is 6.33 Å². The lowest BCUT2D eigenvalue weighted by atomic mass is 10.3. The van der Waals surface area contributed by atoms with E-state index in [1.165, 1.54) is 18.1 Å². The molecule has 0 spiro atoms. The number of carbonyl (C=O) groups excluding carboxylic acids is 1. The minimum atomic E-state index is -2.95. The summed E-state index contributed by atoms with van der Waals surface area (Å²) in [5.74, 6) is 0.221. The van der Waals surface area contributed by atoms with Crippen molar-refractivity contribution in [1.29, 1.82) is 0 Å². The zero-order valence-corrected chi connectivity index (χ0v) is 10.6. The molecule has 1 unspecified atom stereocenters. The van der Waals surface area contributed by atoms with Crippen molar-refractivity contribution in [3.63, 3.8) is 0 Å². The van der Waals surface area contributed by atoms with Crippen LogP contribution in [0.4, 0.5) is 0 Å². The van der Waals surface area contributed by atoms with Gasteiger partial charge in [-0.05, 0) is 6.42 Å². The molecule has 1 saturated heterocycles. The normalized spacial score (nSPS) is 22.5. The molecule has 2 rings (SSSR count). The molecular weight excluding hydrogens is 264 g/mol. The maximum Gasteiger partial charge on any atom is 0.230 e. The second-order valence-corrected chi connectivity index (χ2v) is 6.94. The summed E-state index contributed by atoms with van der Waals surface area (Å²) in [4.78, 5) is 15.4. The number of hydrogen-bond donors (Lipinski definition) is 2. The maximum absolute atomic E-state index is 11.5. The van der Waals surface area contributed by atoms with E-state index in [2.05, 4.69) is 20.5 Å². The second kappa shape index (κ2) is 5.05. The molecule has 7 nitrogen and oxygen atoms in total. The Bertz CT molecular complexity index is 485. The van der Waals surface area contributed by atoms with Gasteiger partial charge in [0.25, 0.3) is 0 Å². The lowest BCUT2D eigenvalue weighted by Crippen LogP contribution is -2.36. The molecule has 0 aromatic carbocycles. The molecule has 0 bridgehead atoms. The van der Waals surface area contributed by atoms with E-state index in [0.29, 0.717) is 11.6 Å². The predicted molar refractivity (Wildman–Crippen MR) is 62.3 cm³/mol. The number of aromatic nitrogens is 3. The molecule has 1 aliphatic rings. The first-order valence-corrected chi connectivity index (χ1v) is 7.84. The number of aromatic amines is 1. The highest BCUT2D eigenvalue weighted by Gasteiger charge is 2.28. The molecule has 0 radical (unpaired) electrons. The number of H-pyrrole nitrogens is 1. The van der Waals surface area contributed by atoms with Crippen molar-refractivity contribution in [3.05, 3.63) is 6.33 Å². The van der Waals surface area contributed by atoms with Gasteiger partial charge < -0.3 is 5.32 Å². The van der Waals surface area contributed by atoms with Gasteiger partial charge in [-0.15, -0.1) is 0 Å². The number of thioether (sulfide) groups is 1. The lowest BCUT2D eigenvalue weighted by molar-refractivity contribution is -0.119. The topological polar surface area (TPSA) is 105 Å². The molecule has 1 aromatic heterocycles. The van der Waals surface area contributed by atoms with Gasteiger partial charge in [0.15, 0.2) is 15.0 Å². The zero-order valence-electron chi connectivity index (χ0n) is 8.92. The van der Waals surface area contributed by atoms with Crippen LogP contribution in [0.1, 0.15) is 6.42 Å². The Kier molecular flexibility index (Phi) is 3.67. The predicted octanol–water partition coefficient (Wildman–Crippen LogP) is -0.800. The average Bonchev–Trinajstić information content (AvgIpc) is 2.85. The highest BCUT2D eigenvalue weighted by atomic mass is 32.2. The van der Waals surface area contributed by atoms with Crippen LogP contribution in [0.5, 0.6) is 0 Å². The summed E-state index contributed by atoms with van der Waals surface area (Å²) in [6.45, 7) is 0. The van der Waals surface area contributed by atoms with Gasteiger partial charge in [-0.25, -0.2) is 13.4 Å². The number of carbonyl (C=O) groups is 1. The van der Waals surface area contributed by atoms with Crippen LogP contribution in [0, 0.1) is 0 Å². The van der Waals surface area contributed by atoms with Crippen molar-refractivity contribution in [2.24, 2.45) is 0 Å². The Morgan fingerprint density at radius 1 is 1.65 bits per heavy atom. The van der Waals surface area contributed by atoms with E-state index in [4.69, 9.17) is 0 Å². The number of nitrogens with zero attached hydrogens (tertiary/aromatic N) is 2. The van der Waals surface area contributed by atoms with Crippen molar-refractivity contribution < 1.29 is 13.2 Å². The molecule has 1 amide bonds. The largest absolute Gasteiger partial charge is 0.352 e. The molecule has 1 aromatic rings. The van der Waals surface area contributed by atoms with Crippen molar-refractivity contribution in [2.45, 2.75) is 17.6 Å². The summed E-state index contributed by atoms with van der Waals surface area (Å²) in [7, 11) is -2.95. The van der Waals surface area contributed by atoms with Crippen LogP contribution < -0.4 is 5.32 Å². The molecule has 94 valence electrons. The SMILES string of the molecule is O=C(CSc1ncn[nH]1)NC1CCS(=O)(=O)C1. The standard InChI is InChI=1S/C8H12N4O3S2/c13-7(3-16-8-9-5-10-12-8)11-6-1-2-17(14,15)4-6/h5-6H,1-4H2,(H,11,13)(H,9,10,12). The summed E-state index contributed by atoms with van der Waals surface area (Å²) in [6, 6.07) is -0.247. The van der Waals surface area contributed by atoms with Gasteiger partial charge in [-0.3, -0.25) is 9.89 Å². The Morgan fingerprint density at radius 2 is 2.47 bits per heavy atom. The highest BCUT2D eigenvalue weighted by molar-refractivity contribution is 7.99. The molecule has 9 heteroatoms. The summed E-state index contributed by atoms with van der Waals surface area (Å²) < 4.78 is 22.4. The van der Waals surface area contributed by atoms with E-state index in [1.807, 2.05) is 0 Å². The monoisotopic (exact) mass is 276 g/mol. The third kappa shape index (κ3) is 3.70. The molecule has 0 aliphatic carbocycles. The first-order chi connectivity index (χ1) is 8.05. The van der Waals surface area contributed by atoms with E-state index in [1.54, 1.807) is 0 Å². The fourth-order valence-electron chi connectivity index (χ4n) is 1.58. The molecule has 1 fully saturated rings. The van der Waals surface area contributed by atoms with Crippen LogP contribution in [0.15, 0.2) is 11.5 Å². The van der Waals surface area contributed by atoms with Crippen LogP contribution >= 0.6 is 11.8 Å². The van der Waals surface area contributed by atoms with Gasteiger partial charge in [-0.1, -0.05) is 11.8 Å². The van der Waals surface area contributed by atoms with Crippen LogP contribution in [0.3, 0.4) is 0 Å². The number of nitrogens with one attached hydrogen (secondary N) is 2. The third-order valence-electron chi connectivity index (χ3n) is 2.33. The van der Waals surface area contributed by atoms with E-state index in [9.17, 15) is 13.2 Å². The van der Waals surface area contributed by atoms with E-state index in [-0.39, 0.29) is 29.2 Å². The lowest BCUT2D eigenvalue weighted by Gasteiger charge is -2.09. The van der Waals surface area contributed by atoms with Gasteiger partial charge in [0, 0.05) is 6.04 Å². The Balaban J connectivity index is 1.75. The number of amides is 1. The Labute approximate surface area is 103 Å². The van der Waals surface area contributed by atoms with Crippen LogP contribution in [-0.4, -0.2) is 52.8 Å². The minimum Gasteiger partial charge on any atom is -0.352 e. The van der Waals surface area contributed by atoms with Crippen molar-refractivity contribution in [1.82, 2.24) is 20.5 Å². The minimum absolute atomic E-state index is 0.0473. The van der Waals surface area contributed by atoms with Crippen LogP contribution in [0.25, 0.3) is 0 Å². The summed E-state index contributed by atoms with van der Waals surface area (Å²) in [5.41, 5.74) is 0.